The van der Waals surface area contributed by atoms with Crippen molar-refractivity contribution in [1.29, 1.82) is 0 Å². The molecule has 1 aliphatic rings. The summed E-state index contributed by atoms with van der Waals surface area (Å²) in [7, 11) is 2.07. The average Bonchev–Trinajstić information content (AvgIpc) is 2.51. The lowest BCUT2D eigenvalue weighted by Crippen LogP contribution is -2.29. The van der Waals surface area contributed by atoms with E-state index in [0.717, 1.165) is 25.3 Å². The summed E-state index contributed by atoms with van der Waals surface area (Å²) in [6.07, 6.45) is 0.0242. The SMILES string of the molecule is CN1CCOC(c2ccccc2)[C@H](CO)C1. The fraction of sp³-hybridized carbons (Fsp3) is 0.538. The smallest absolute Gasteiger partial charge is 0.0887 e. The van der Waals surface area contributed by atoms with E-state index in [1.807, 2.05) is 18.2 Å². The fourth-order valence-electron chi connectivity index (χ4n) is 2.22. The molecule has 0 bridgehead atoms. The summed E-state index contributed by atoms with van der Waals surface area (Å²) in [6, 6.07) is 10.2. The van der Waals surface area contributed by atoms with Crippen molar-refractivity contribution in [3.63, 3.8) is 0 Å². The van der Waals surface area contributed by atoms with Gasteiger partial charge >= 0.3 is 0 Å². The van der Waals surface area contributed by atoms with E-state index >= 15 is 0 Å². The maximum atomic E-state index is 9.46. The van der Waals surface area contributed by atoms with Crippen LogP contribution >= 0.6 is 0 Å². The van der Waals surface area contributed by atoms with Crippen LogP contribution in [0.1, 0.15) is 11.7 Å². The van der Waals surface area contributed by atoms with E-state index in [1.165, 1.54) is 0 Å². The van der Waals surface area contributed by atoms with E-state index in [1.54, 1.807) is 0 Å². The third-order valence-corrected chi connectivity index (χ3v) is 3.11. The monoisotopic (exact) mass is 221 g/mol. The van der Waals surface area contributed by atoms with Crippen LogP contribution in [0.5, 0.6) is 0 Å². The maximum Gasteiger partial charge on any atom is 0.0887 e. The molecule has 3 nitrogen and oxygen atoms in total. The summed E-state index contributed by atoms with van der Waals surface area (Å²) < 4.78 is 5.86. The third kappa shape index (κ3) is 2.61. The van der Waals surface area contributed by atoms with E-state index in [-0.39, 0.29) is 18.6 Å². The van der Waals surface area contributed by atoms with Crippen molar-refractivity contribution < 1.29 is 9.84 Å². The van der Waals surface area contributed by atoms with Crippen molar-refractivity contribution in [2.45, 2.75) is 6.10 Å². The summed E-state index contributed by atoms with van der Waals surface area (Å²) in [6.45, 7) is 2.71. The molecule has 0 amide bonds. The van der Waals surface area contributed by atoms with E-state index in [0.29, 0.717) is 0 Å². The first-order valence-electron chi connectivity index (χ1n) is 5.77. The Bertz CT molecular complexity index is 315. The number of aliphatic hydroxyl groups excluding tert-OH is 1. The standard InChI is InChI=1S/C13H19NO2/c1-14-7-8-16-13(12(9-14)10-15)11-5-3-2-4-6-11/h2-6,12-13,15H,7-10H2,1H3/t12-,13?/m0/s1. The Kier molecular flexibility index (Phi) is 3.93. The summed E-state index contributed by atoms with van der Waals surface area (Å²) in [4.78, 5) is 2.21. The average molecular weight is 221 g/mol. The predicted octanol–water partition coefficient (Wildman–Crippen LogP) is 1.30. The van der Waals surface area contributed by atoms with Crippen LogP contribution in [0.4, 0.5) is 0 Å². The first kappa shape index (κ1) is 11.6. The lowest BCUT2D eigenvalue weighted by molar-refractivity contribution is 0.0114. The summed E-state index contributed by atoms with van der Waals surface area (Å²) >= 11 is 0. The van der Waals surface area contributed by atoms with Crippen LogP contribution in [-0.4, -0.2) is 43.4 Å². The highest BCUT2D eigenvalue weighted by molar-refractivity contribution is 5.18. The van der Waals surface area contributed by atoms with E-state index in [4.69, 9.17) is 4.74 Å². The Balaban J connectivity index is 2.17. The molecule has 1 aromatic rings. The highest BCUT2D eigenvalue weighted by Crippen LogP contribution is 2.28. The molecule has 16 heavy (non-hydrogen) atoms. The second-order valence-corrected chi connectivity index (χ2v) is 4.41. The zero-order valence-electron chi connectivity index (χ0n) is 9.67. The molecular formula is C13H19NO2. The Hall–Kier alpha value is -0.900. The molecular weight excluding hydrogens is 202 g/mol. The van der Waals surface area contributed by atoms with E-state index in [9.17, 15) is 5.11 Å². The normalized spacial score (nSPS) is 27.6. The van der Waals surface area contributed by atoms with Gasteiger partial charge in [-0.2, -0.15) is 0 Å². The lowest BCUT2D eigenvalue weighted by Gasteiger charge is -2.24. The molecule has 1 aromatic carbocycles. The van der Waals surface area contributed by atoms with Crippen molar-refractivity contribution in [3.8, 4) is 0 Å². The van der Waals surface area contributed by atoms with Crippen molar-refractivity contribution in [2.24, 2.45) is 5.92 Å². The number of ether oxygens (including phenoxy) is 1. The van der Waals surface area contributed by atoms with E-state index in [2.05, 4.69) is 24.1 Å². The van der Waals surface area contributed by atoms with Gasteiger partial charge in [-0.05, 0) is 12.6 Å². The quantitative estimate of drug-likeness (QED) is 0.817. The number of hydrogen-bond donors (Lipinski definition) is 1. The van der Waals surface area contributed by atoms with Gasteiger partial charge in [-0.3, -0.25) is 0 Å². The Labute approximate surface area is 96.6 Å². The van der Waals surface area contributed by atoms with Gasteiger partial charge < -0.3 is 14.7 Å². The van der Waals surface area contributed by atoms with E-state index < -0.39 is 0 Å². The van der Waals surface area contributed by atoms with Gasteiger partial charge in [0.15, 0.2) is 0 Å². The summed E-state index contributed by atoms with van der Waals surface area (Å²) in [5, 5.41) is 9.46. The number of rotatable bonds is 2. The van der Waals surface area contributed by atoms with Crippen molar-refractivity contribution >= 4 is 0 Å². The molecule has 1 heterocycles. The highest BCUT2D eigenvalue weighted by Gasteiger charge is 2.27. The second kappa shape index (κ2) is 5.43. The Morgan fingerprint density at radius 3 is 2.81 bits per heavy atom. The van der Waals surface area contributed by atoms with Crippen molar-refractivity contribution in [3.05, 3.63) is 35.9 Å². The van der Waals surface area contributed by atoms with Gasteiger partial charge in [0.05, 0.1) is 12.7 Å². The zero-order valence-corrected chi connectivity index (χ0v) is 9.67. The molecule has 1 N–H and O–H groups in total. The van der Waals surface area contributed by atoms with Crippen LogP contribution in [0.2, 0.25) is 0 Å². The zero-order chi connectivity index (χ0) is 11.4. The largest absolute Gasteiger partial charge is 0.396 e. The molecule has 3 heteroatoms. The maximum absolute atomic E-state index is 9.46. The second-order valence-electron chi connectivity index (χ2n) is 4.41. The number of nitrogens with zero attached hydrogens (tertiary/aromatic N) is 1. The Morgan fingerprint density at radius 2 is 2.12 bits per heavy atom. The third-order valence-electron chi connectivity index (χ3n) is 3.11. The molecule has 2 atom stereocenters. The molecule has 1 saturated heterocycles. The molecule has 1 fully saturated rings. The van der Waals surface area contributed by atoms with Crippen LogP contribution in [0.15, 0.2) is 30.3 Å². The summed E-state index contributed by atoms with van der Waals surface area (Å²) in [5.41, 5.74) is 1.16. The van der Waals surface area contributed by atoms with Crippen LogP contribution in [0, 0.1) is 5.92 Å². The minimum absolute atomic E-state index is 0.0242. The minimum atomic E-state index is 0.0242. The number of hydrogen-bond acceptors (Lipinski definition) is 3. The van der Waals surface area contributed by atoms with Crippen LogP contribution in [0.25, 0.3) is 0 Å². The van der Waals surface area contributed by atoms with Gasteiger partial charge in [0, 0.05) is 25.6 Å². The van der Waals surface area contributed by atoms with Crippen molar-refractivity contribution in [2.75, 3.05) is 33.4 Å². The lowest BCUT2D eigenvalue weighted by atomic mass is 9.96. The molecule has 0 radical (unpaired) electrons. The fourth-order valence-corrected chi connectivity index (χ4v) is 2.22. The molecule has 88 valence electrons. The van der Waals surface area contributed by atoms with Crippen LogP contribution < -0.4 is 0 Å². The molecule has 0 spiro atoms. The van der Waals surface area contributed by atoms with Gasteiger partial charge in [-0.1, -0.05) is 30.3 Å². The molecule has 1 unspecified atom stereocenters. The minimum Gasteiger partial charge on any atom is -0.396 e. The molecule has 0 aliphatic carbocycles. The van der Waals surface area contributed by atoms with Crippen LogP contribution in [-0.2, 0) is 4.74 Å². The number of likely N-dealkylation sites (N-methyl/N-ethyl adjacent to an activating group) is 1. The molecule has 2 rings (SSSR count). The molecule has 1 aliphatic heterocycles. The first-order valence-corrected chi connectivity index (χ1v) is 5.77. The number of aliphatic hydroxyl groups is 1. The molecule has 0 aromatic heterocycles. The topological polar surface area (TPSA) is 32.7 Å². The van der Waals surface area contributed by atoms with Gasteiger partial charge in [0.1, 0.15) is 0 Å². The predicted molar refractivity (Wildman–Crippen MR) is 63.2 cm³/mol. The van der Waals surface area contributed by atoms with Crippen molar-refractivity contribution in [1.82, 2.24) is 4.90 Å². The van der Waals surface area contributed by atoms with Gasteiger partial charge in [-0.25, -0.2) is 0 Å². The van der Waals surface area contributed by atoms with Crippen LogP contribution in [0.3, 0.4) is 0 Å². The summed E-state index contributed by atoms with van der Waals surface area (Å²) in [5.74, 6) is 0.162. The highest BCUT2D eigenvalue weighted by atomic mass is 16.5. The van der Waals surface area contributed by atoms with Gasteiger partial charge in [0.2, 0.25) is 0 Å². The first-order chi connectivity index (χ1) is 7.81. The van der Waals surface area contributed by atoms with Gasteiger partial charge in [-0.15, -0.1) is 0 Å². The molecule has 0 saturated carbocycles. The Morgan fingerprint density at radius 1 is 1.38 bits per heavy atom. The van der Waals surface area contributed by atoms with Gasteiger partial charge in [0.25, 0.3) is 0 Å². The number of benzene rings is 1.